The van der Waals surface area contributed by atoms with E-state index >= 15 is 0 Å². The van der Waals surface area contributed by atoms with Crippen LogP contribution in [0.3, 0.4) is 0 Å². The lowest BCUT2D eigenvalue weighted by molar-refractivity contribution is -0.127. The quantitative estimate of drug-likeness (QED) is 0.876. The Morgan fingerprint density at radius 2 is 2.41 bits per heavy atom. The van der Waals surface area contributed by atoms with Gasteiger partial charge in [-0.05, 0) is 18.2 Å². The number of aromatic nitrogens is 3. The Bertz CT molecular complexity index is 668. The van der Waals surface area contributed by atoms with Crippen LogP contribution in [0.5, 0.6) is 0 Å². The summed E-state index contributed by atoms with van der Waals surface area (Å²) in [6.07, 6.45) is 7.33. The van der Waals surface area contributed by atoms with Crippen LogP contribution in [0.4, 0.5) is 0 Å². The van der Waals surface area contributed by atoms with Crippen LogP contribution < -0.4 is 0 Å². The number of rotatable bonds is 4. The first kappa shape index (κ1) is 14.5. The molecule has 1 N–H and O–H groups in total. The number of ether oxygens (including phenoxy) is 1. The molecule has 2 atom stereocenters. The minimum absolute atomic E-state index is 0.0147. The van der Waals surface area contributed by atoms with E-state index in [9.17, 15) is 4.79 Å². The van der Waals surface area contributed by atoms with Gasteiger partial charge in [0.1, 0.15) is 5.82 Å². The van der Waals surface area contributed by atoms with Crippen molar-refractivity contribution in [1.82, 2.24) is 19.9 Å². The van der Waals surface area contributed by atoms with Crippen molar-refractivity contribution in [3.63, 3.8) is 0 Å². The van der Waals surface area contributed by atoms with Gasteiger partial charge in [0.05, 0.1) is 24.0 Å². The maximum absolute atomic E-state index is 12.0. The van der Waals surface area contributed by atoms with E-state index in [0.29, 0.717) is 6.54 Å². The van der Waals surface area contributed by atoms with E-state index in [4.69, 9.17) is 4.74 Å². The van der Waals surface area contributed by atoms with Crippen LogP contribution in [-0.2, 0) is 9.53 Å². The Kier molecular flexibility index (Phi) is 4.02. The van der Waals surface area contributed by atoms with Crippen LogP contribution >= 0.6 is 0 Å². The molecule has 1 aliphatic heterocycles. The van der Waals surface area contributed by atoms with E-state index in [-0.39, 0.29) is 18.1 Å². The largest absolute Gasteiger partial charge is 0.380 e. The highest BCUT2D eigenvalue weighted by Crippen LogP contribution is 2.32. The van der Waals surface area contributed by atoms with Crippen LogP contribution in [0, 0.1) is 0 Å². The molecule has 6 nitrogen and oxygen atoms in total. The molecule has 0 radical (unpaired) electrons. The molecule has 1 saturated heterocycles. The zero-order valence-corrected chi connectivity index (χ0v) is 12.4. The molecule has 3 rings (SSSR count). The van der Waals surface area contributed by atoms with Gasteiger partial charge in [-0.2, -0.15) is 0 Å². The van der Waals surface area contributed by atoms with E-state index in [1.165, 1.54) is 6.08 Å². The number of nitrogens with zero attached hydrogens (tertiary/aromatic N) is 3. The first-order valence-corrected chi connectivity index (χ1v) is 7.14. The van der Waals surface area contributed by atoms with Gasteiger partial charge < -0.3 is 14.6 Å². The average Bonchev–Trinajstić information content (AvgIpc) is 3.21. The zero-order chi connectivity index (χ0) is 15.5. The SMILES string of the molecule is C=CC(=O)N1C[C@@H](OC)C[C@H]1c1ncc(-c2cccnc2)[nH]1. The second-order valence-corrected chi connectivity index (χ2v) is 5.23. The fourth-order valence-electron chi connectivity index (χ4n) is 2.76. The van der Waals surface area contributed by atoms with Gasteiger partial charge in [-0.3, -0.25) is 9.78 Å². The van der Waals surface area contributed by atoms with Gasteiger partial charge in [-0.15, -0.1) is 0 Å². The van der Waals surface area contributed by atoms with Crippen molar-refractivity contribution in [2.24, 2.45) is 0 Å². The fourth-order valence-corrected chi connectivity index (χ4v) is 2.76. The van der Waals surface area contributed by atoms with Crippen LogP contribution in [-0.4, -0.2) is 45.5 Å². The van der Waals surface area contributed by atoms with Crippen molar-refractivity contribution < 1.29 is 9.53 Å². The average molecular weight is 298 g/mol. The van der Waals surface area contributed by atoms with Crippen molar-refractivity contribution in [2.75, 3.05) is 13.7 Å². The summed E-state index contributed by atoms with van der Waals surface area (Å²) in [5, 5.41) is 0. The summed E-state index contributed by atoms with van der Waals surface area (Å²) in [6, 6.07) is 3.71. The number of carbonyl (C=O) groups is 1. The maximum atomic E-state index is 12.0. The first-order chi connectivity index (χ1) is 10.7. The highest BCUT2D eigenvalue weighted by atomic mass is 16.5. The summed E-state index contributed by atoms with van der Waals surface area (Å²) in [5.41, 5.74) is 1.85. The van der Waals surface area contributed by atoms with Gasteiger partial charge in [0.15, 0.2) is 0 Å². The summed E-state index contributed by atoms with van der Waals surface area (Å²) in [4.78, 5) is 25.6. The highest BCUT2D eigenvalue weighted by molar-refractivity contribution is 5.87. The number of imidazole rings is 1. The standard InChI is InChI=1S/C16H18N4O2/c1-3-15(21)20-10-12(22-2)7-14(20)16-18-9-13(19-16)11-5-4-6-17-8-11/h3-6,8-9,12,14H,1,7,10H2,2H3,(H,18,19)/t12-,14-/m0/s1. The lowest BCUT2D eigenvalue weighted by Crippen LogP contribution is -2.30. The number of likely N-dealkylation sites (tertiary alicyclic amines) is 1. The smallest absolute Gasteiger partial charge is 0.246 e. The summed E-state index contributed by atoms with van der Waals surface area (Å²) in [6.45, 7) is 4.12. The van der Waals surface area contributed by atoms with Gasteiger partial charge in [0.2, 0.25) is 5.91 Å². The molecule has 6 heteroatoms. The minimum atomic E-state index is -0.124. The molecule has 0 unspecified atom stereocenters. The Morgan fingerprint density at radius 1 is 1.55 bits per heavy atom. The molecule has 0 spiro atoms. The number of amides is 1. The molecule has 2 aromatic rings. The van der Waals surface area contributed by atoms with E-state index < -0.39 is 0 Å². The van der Waals surface area contributed by atoms with E-state index in [2.05, 4.69) is 21.5 Å². The molecular formula is C16H18N4O2. The number of methoxy groups -OCH3 is 1. The lowest BCUT2D eigenvalue weighted by Gasteiger charge is -2.21. The van der Waals surface area contributed by atoms with Crippen molar-refractivity contribution in [2.45, 2.75) is 18.6 Å². The van der Waals surface area contributed by atoms with Crippen molar-refractivity contribution >= 4 is 5.91 Å². The molecule has 22 heavy (non-hydrogen) atoms. The van der Waals surface area contributed by atoms with Gasteiger partial charge in [0, 0.05) is 38.0 Å². The van der Waals surface area contributed by atoms with Gasteiger partial charge in [-0.25, -0.2) is 4.98 Å². The number of hydrogen-bond acceptors (Lipinski definition) is 4. The monoisotopic (exact) mass is 298 g/mol. The highest BCUT2D eigenvalue weighted by Gasteiger charge is 2.37. The Morgan fingerprint density at radius 3 is 3.09 bits per heavy atom. The molecule has 1 amide bonds. The van der Waals surface area contributed by atoms with E-state index in [0.717, 1.165) is 23.5 Å². The van der Waals surface area contributed by atoms with Crippen LogP contribution in [0.2, 0.25) is 0 Å². The number of H-pyrrole nitrogens is 1. The number of nitrogens with one attached hydrogen (secondary N) is 1. The molecule has 0 bridgehead atoms. The predicted molar refractivity (Wildman–Crippen MR) is 81.9 cm³/mol. The fraction of sp³-hybridized carbons (Fsp3) is 0.312. The topological polar surface area (TPSA) is 71.1 Å². The molecule has 1 fully saturated rings. The van der Waals surface area contributed by atoms with Crippen molar-refractivity contribution in [1.29, 1.82) is 0 Å². The third-order valence-corrected chi connectivity index (χ3v) is 3.94. The summed E-state index contributed by atoms with van der Waals surface area (Å²) < 4.78 is 5.40. The normalized spacial score (nSPS) is 21.0. The van der Waals surface area contributed by atoms with E-state index in [1.54, 1.807) is 30.6 Å². The summed E-state index contributed by atoms with van der Waals surface area (Å²) in [7, 11) is 1.66. The van der Waals surface area contributed by atoms with Gasteiger partial charge in [0.25, 0.3) is 0 Å². The molecule has 114 valence electrons. The van der Waals surface area contributed by atoms with Crippen LogP contribution in [0.15, 0.2) is 43.4 Å². The van der Waals surface area contributed by atoms with Crippen molar-refractivity contribution in [3.05, 3.63) is 49.2 Å². The van der Waals surface area contributed by atoms with Crippen LogP contribution in [0.25, 0.3) is 11.3 Å². The molecule has 0 aromatic carbocycles. The molecule has 2 aromatic heterocycles. The Balaban J connectivity index is 1.88. The number of pyridine rings is 1. The predicted octanol–water partition coefficient (Wildman–Crippen LogP) is 1.95. The van der Waals surface area contributed by atoms with Crippen molar-refractivity contribution in [3.8, 4) is 11.3 Å². The summed E-state index contributed by atoms with van der Waals surface area (Å²) in [5.74, 6) is 0.650. The van der Waals surface area contributed by atoms with Crippen LogP contribution in [0.1, 0.15) is 18.3 Å². The Labute approximate surface area is 128 Å². The number of aromatic amines is 1. The molecule has 0 aliphatic carbocycles. The maximum Gasteiger partial charge on any atom is 0.246 e. The third-order valence-electron chi connectivity index (χ3n) is 3.94. The second kappa shape index (κ2) is 6.11. The summed E-state index contributed by atoms with van der Waals surface area (Å²) >= 11 is 0. The molecular weight excluding hydrogens is 280 g/mol. The first-order valence-electron chi connectivity index (χ1n) is 7.14. The Hall–Kier alpha value is -2.47. The lowest BCUT2D eigenvalue weighted by atomic mass is 10.2. The number of carbonyl (C=O) groups excluding carboxylic acids is 1. The van der Waals surface area contributed by atoms with E-state index in [1.807, 2.05) is 12.1 Å². The minimum Gasteiger partial charge on any atom is -0.380 e. The second-order valence-electron chi connectivity index (χ2n) is 5.23. The van der Waals surface area contributed by atoms with Gasteiger partial charge in [-0.1, -0.05) is 6.58 Å². The molecule has 3 heterocycles. The molecule has 1 aliphatic rings. The number of hydrogen-bond donors (Lipinski definition) is 1. The van der Waals surface area contributed by atoms with Gasteiger partial charge >= 0.3 is 0 Å². The zero-order valence-electron chi connectivity index (χ0n) is 12.4. The third kappa shape index (κ3) is 2.65. The molecule has 0 saturated carbocycles.